The summed E-state index contributed by atoms with van der Waals surface area (Å²) < 4.78 is 0. The van der Waals surface area contributed by atoms with Crippen LogP contribution in [0.4, 0.5) is 0 Å². The monoisotopic (exact) mass is 233 g/mol. The van der Waals surface area contributed by atoms with Crippen LogP contribution in [0.15, 0.2) is 0 Å². The highest BCUT2D eigenvalue weighted by Crippen LogP contribution is 1.29. The number of hydrogen-bond acceptors (Lipinski definition) is 2. The van der Waals surface area contributed by atoms with Gasteiger partial charge >= 0.3 is 0 Å². The first kappa shape index (κ1) is 11.4. The Balaban J connectivity index is 0. The quantitative estimate of drug-likeness (QED) is 0.376. The minimum atomic E-state index is 0. The van der Waals surface area contributed by atoms with Gasteiger partial charge in [-0.15, -0.1) is 0 Å². The highest BCUT2D eigenvalue weighted by molar-refractivity contribution is 4.16. The van der Waals surface area contributed by atoms with Crippen LogP contribution in [0.1, 0.15) is 0 Å². The molecule has 0 saturated carbocycles. The summed E-state index contributed by atoms with van der Waals surface area (Å²) >= 11 is 0. The second kappa shape index (κ2) is 7.57. The number of hydrogen-bond donors (Lipinski definition) is 2. The summed E-state index contributed by atoms with van der Waals surface area (Å²) in [5, 5.41) is 19.7. The first-order valence-corrected chi connectivity index (χ1v) is 2.20. The summed E-state index contributed by atoms with van der Waals surface area (Å²) in [6.45, 7) is 0.763. The molecule has 0 heterocycles. The molecule has 0 radical (unpaired) electrons. The van der Waals surface area contributed by atoms with Crippen molar-refractivity contribution in [2.45, 2.75) is 0 Å². The minimum absolute atomic E-state index is 0. The van der Waals surface area contributed by atoms with Gasteiger partial charge in [-0.1, -0.05) is 0 Å². The Morgan fingerprint density at radius 1 is 1.62 bits per heavy atom. The van der Waals surface area contributed by atoms with Crippen molar-refractivity contribution >= 4 is 0 Å². The van der Waals surface area contributed by atoms with Crippen molar-refractivity contribution in [2.24, 2.45) is 0 Å². The van der Waals surface area contributed by atoms with Gasteiger partial charge < -0.3 is 44.9 Å². The van der Waals surface area contributed by atoms with Gasteiger partial charge in [0.1, 0.15) is 13.1 Å². The van der Waals surface area contributed by atoms with Gasteiger partial charge in [-0.3, -0.25) is 0 Å². The first-order valence-electron chi connectivity index (χ1n) is 2.20. The second-order valence-electron chi connectivity index (χ2n) is 1.41. The maximum atomic E-state index is 10.0. The second-order valence-corrected chi connectivity index (χ2v) is 1.41. The van der Waals surface area contributed by atoms with Gasteiger partial charge in [0, 0.05) is 0 Å². The van der Waals surface area contributed by atoms with Crippen molar-refractivity contribution in [3.05, 3.63) is 10.4 Å². The van der Waals surface area contributed by atoms with Crippen molar-refractivity contribution in [1.82, 2.24) is 0 Å². The number of halogens is 1. The van der Waals surface area contributed by atoms with Gasteiger partial charge in [0.15, 0.2) is 0 Å². The number of nitrogens with one attached hydrogen (secondary N) is 1. The number of nitrogens with two attached hydrogens (primary N) is 1. The van der Waals surface area contributed by atoms with E-state index in [2.05, 4.69) is 0 Å². The molecule has 1 unspecified atom stereocenters. The van der Waals surface area contributed by atoms with E-state index in [9.17, 15) is 10.4 Å². The molecule has 3 N–H and O–H groups in total. The molecule has 0 aliphatic rings. The lowest BCUT2D eigenvalue weighted by Crippen LogP contribution is -3.07. The van der Waals surface area contributed by atoms with Crippen LogP contribution in [-0.2, 0) is 0 Å². The predicted octanol–water partition coefficient (Wildman–Crippen LogP) is -5.94. The fourth-order valence-electron chi connectivity index (χ4n) is 0.262. The number of likely N-dealkylation sites (N-methyl/N-ethyl adjacent to an activating group) is 1. The maximum Gasteiger partial charge on any atom is 0.127 e. The van der Waals surface area contributed by atoms with Gasteiger partial charge in [-0.25, -0.2) is 0 Å². The third kappa shape index (κ3) is 9.76. The highest BCUT2D eigenvalue weighted by atomic mass is 127. The van der Waals surface area contributed by atoms with Crippen LogP contribution in [0.25, 0.3) is 0 Å². The molecule has 4 nitrogen and oxygen atoms in total. The van der Waals surface area contributed by atoms with E-state index in [0.29, 0.717) is 13.1 Å². The van der Waals surface area contributed by atoms with E-state index in [1.54, 1.807) is 0 Å². The van der Waals surface area contributed by atoms with Gasteiger partial charge in [-0.05, 0) is 0 Å². The number of hydroxylamine groups is 3. The molecule has 1 atom stereocenters. The molecule has 0 bridgehead atoms. The minimum Gasteiger partial charge on any atom is -1.00 e. The fraction of sp³-hybridized carbons (Fsp3) is 1.00. The van der Waals surface area contributed by atoms with Crippen molar-refractivity contribution in [2.75, 3.05) is 20.1 Å². The Bertz CT molecular complexity index is 44.3. The van der Waals surface area contributed by atoms with Crippen molar-refractivity contribution in [3.8, 4) is 0 Å². The summed E-state index contributed by atoms with van der Waals surface area (Å²) in [4.78, 5) is 0. The van der Waals surface area contributed by atoms with Crippen LogP contribution in [0.3, 0.4) is 0 Å². The predicted molar refractivity (Wildman–Crippen MR) is 25.3 cm³/mol. The van der Waals surface area contributed by atoms with Crippen LogP contribution in [0.5, 0.6) is 0 Å². The highest BCUT2D eigenvalue weighted by Gasteiger charge is 1.83. The SMILES string of the molecule is C[NH+]([O-])CC[NH2+][O-].[I-]. The van der Waals surface area contributed by atoms with Crippen LogP contribution >= 0.6 is 0 Å². The maximum absolute atomic E-state index is 10.0. The molecule has 0 aliphatic carbocycles. The zero-order valence-electron chi connectivity index (χ0n) is 4.69. The topological polar surface area (TPSA) is 67.2 Å². The molecule has 0 amide bonds. The molecule has 0 rings (SSSR count). The largest absolute Gasteiger partial charge is 1.00 e. The van der Waals surface area contributed by atoms with Crippen LogP contribution < -0.4 is 34.5 Å². The summed E-state index contributed by atoms with van der Waals surface area (Å²) in [6.07, 6.45) is 0. The molecule has 0 aliphatic heterocycles. The summed E-state index contributed by atoms with van der Waals surface area (Å²) in [7, 11) is 1.48. The lowest BCUT2D eigenvalue weighted by atomic mass is 10.6. The molecule has 52 valence electrons. The van der Waals surface area contributed by atoms with E-state index in [-0.39, 0.29) is 29.0 Å². The molecule has 5 heteroatoms. The standard InChI is InChI=1S/C3H10N2O2.HI/c1-5(7)3-2-4-6;/h5H,2-4H2,1H3;1H/p-1. The van der Waals surface area contributed by atoms with Gasteiger partial charge in [0.2, 0.25) is 0 Å². The lowest BCUT2D eigenvalue weighted by Gasteiger charge is -2.14. The number of rotatable bonds is 3. The molecule has 0 aromatic heterocycles. The fourth-order valence-corrected chi connectivity index (χ4v) is 0.262. The Morgan fingerprint density at radius 3 is 2.25 bits per heavy atom. The zero-order valence-corrected chi connectivity index (χ0v) is 6.84. The Kier molecular flexibility index (Phi) is 10.8. The summed E-state index contributed by atoms with van der Waals surface area (Å²) in [6, 6.07) is 0. The van der Waals surface area contributed by atoms with Crippen molar-refractivity contribution in [1.29, 1.82) is 0 Å². The van der Waals surface area contributed by atoms with Crippen LogP contribution in [-0.4, -0.2) is 20.1 Å². The van der Waals surface area contributed by atoms with E-state index in [1.807, 2.05) is 0 Å². The lowest BCUT2D eigenvalue weighted by molar-refractivity contribution is -0.840. The van der Waals surface area contributed by atoms with E-state index in [1.165, 1.54) is 7.05 Å². The van der Waals surface area contributed by atoms with Gasteiger partial charge in [0.05, 0.1) is 7.05 Å². The number of quaternary nitrogens is 2. The average Bonchev–Trinajstić information content (AvgIpc) is 1.61. The molecular weight excluding hydrogens is 223 g/mol. The molecule has 0 saturated heterocycles. The molecule has 8 heavy (non-hydrogen) atoms. The van der Waals surface area contributed by atoms with Gasteiger partial charge in [0.25, 0.3) is 0 Å². The molecule has 0 spiro atoms. The van der Waals surface area contributed by atoms with Crippen molar-refractivity contribution < 1.29 is 34.5 Å². The summed E-state index contributed by atoms with van der Waals surface area (Å²) in [5.41, 5.74) is 0.751. The third-order valence-electron chi connectivity index (χ3n) is 0.614. The molecule has 0 aromatic carbocycles. The molecule has 0 fully saturated rings. The zero-order chi connectivity index (χ0) is 5.70. The van der Waals surface area contributed by atoms with Crippen LogP contribution in [0, 0.1) is 10.4 Å². The first-order chi connectivity index (χ1) is 3.27. The average molecular weight is 233 g/mol. The Morgan fingerprint density at radius 2 is 2.12 bits per heavy atom. The van der Waals surface area contributed by atoms with E-state index < -0.39 is 0 Å². The van der Waals surface area contributed by atoms with Crippen LogP contribution in [0.2, 0.25) is 0 Å². The summed E-state index contributed by atoms with van der Waals surface area (Å²) in [5.74, 6) is 0. The Hall–Kier alpha value is 0.570. The van der Waals surface area contributed by atoms with E-state index in [4.69, 9.17) is 0 Å². The molecule has 0 aromatic rings. The molecular formula is C3H10IN2O2-. The smallest absolute Gasteiger partial charge is 0.127 e. The van der Waals surface area contributed by atoms with E-state index >= 15 is 0 Å². The van der Waals surface area contributed by atoms with E-state index in [0.717, 1.165) is 5.48 Å². The van der Waals surface area contributed by atoms with Crippen molar-refractivity contribution in [3.63, 3.8) is 0 Å². The Labute approximate surface area is 65.4 Å². The van der Waals surface area contributed by atoms with Gasteiger partial charge in [-0.2, -0.15) is 0 Å². The normalized spacial score (nSPS) is 12.4. The third-order valence-corrected chi connectivity index (χ3v) is 0.614.